The van der Waals surface area contributed by atoms with Gasteiger partial charge < -0.3 is 4.74 Å². The first-order valence-corrected chi connectivity index (χ1v) is 15.2. The van der Waals surface area contributed by atoms with Crippen LogP contribution < -0.4 is 25.6 Å². The SMILES string of the molecule is Cc1cc(C)n(-c2cccc(Oc3cccc([Si]4(c5ccccn5)c5ccccc5-c5ccccc54)c3)c2)n1. The predicted octanol–water partition coefficient (Wildman–Crippen LogP) is 5.03. The second-order valence-electron chi connectivity index (χ2n) is 10.0. The third-order valence-corrected chi connectivity index (χ3v) is 12.3. The van der Waals surface area contributed by atoms with E-state index in [1.54, 1.807) is 0 Å². The number of hydrogen-bond donors (Lipinski definition) is 0. The Morgan fingerprint density at radius 1 is 0.641 bits per heavy atom. The molecule has 0 amide bonds. The lowest BCUT2D eigenvalue weighted by atomic mass is 10.1. The Hall–Kier alpha value is -4.74. The van der Waals surface area contributed by atoms with Gasteiger partial charge in [0.2, 0.25) is 8.07 Å². The van der Waals surface area contributed by atoms with E-state index in [9.17, 15) is 0 Å². The van der Waals surface area contributed by atoms with Gasteiger partial charge in [0, 0.05) is 23.3 Å². The minimum absolute atomic E-state index is 0.776. The molecule has 0 bridgehead atoms. The lowest BCUT2D eigenvalue weighted by Crippen LogP contribution is -2.73. The molecule has 0 unspecified atom stereocenters. The zero-order valence-corrected chi connectivity index (χ0v) is 22.9. The van der Waals surface area contributed by atoms with Crippen LogP contribution in [0.5, 0.6) is 11.5 Å². The molecule has 7 rings (SSSR count). The number of pyridine rings is 1. The molecule has 4 aromatic carbocycles. The highest BCUT2D eigenvalue weighted by Crippen LogP contribution is 2.29. The molecule has 0 atom stereocenters. The molecule has 2 aromatic heterocycles. The summed E-state index contributed by atoms with van der Waals surface area (Å²) in [6.07, 6.45) is 1.92. The number of aromatic nitrogens is 3. The van der Waals surface area contributed by atoms with E-state index in [4.69, 9.17) is 9.72 Å². The number of aryl methyl sites for hydroxylation is 2. The highest BCUT2D eigenvalue weighted by atomic mass is 28.3. The van der Waals surface area contributed by atoms with Crippen molar-refractivity contribution in [2.24, 2.45) is 0 Å². The van der Waals surface area contributed by atoms with Gasteiger partial charge in [0.25, 0.3) is 0 Å². The van der Waals surface area contributed by atoms with Crippen molar-refractivity contribution in [1.29, 1.82) is 0 Å². The van der Waals surface area contributed by atoms with Crippen molar-refractivity contribution in [3.05, 3.63) is 139 Å². The molecule has 0 aliphatic carbocycles. The van der Waals surface area contributed by atoms with Gasteiger partial charge in [-0.3, -0.25) is 4.98 Å². The van der Waals surface area contributed by atoms with Crippen molar-refractivity contribution in [3.63, 3.8) is 0 Å². The molecule has 3 heterocycles. The summed E-state index contributed by atoms with van der Waals surface area (Å²) in [5, 5.41) is 9.76. The average Bonchev–Trinajstić information content (AvgIpc) is 3.48. The molecule has 188 valence electrons. The van der Waals surface area contributed by atoms with Gasteiger partial charge in [0.1, 0.15) is 11.5 Å². The Morgan fingerprint density at radius 3 is 1.97 bits per heavy atom. The van der Waals surface area contributed by atoms with Crippen molar-refractivity contribution in [2.45, 2.75) is 13.8 Å². The number of rotatable bonds is 5. The fourth-order valence-electron chi connectivity index (χ4n) is 6.05. The standard InChI is InChI=1S/C34H27N3OSi/c1-24-21-25(2)37(36-24)26-11-9-12-27(22-26)38-28-13-10-14-29(23-28)39(34-19-7-8-20-35-34)32-17-5-3-15-30(32)31-16-4-6-18-33(31)39/h3-23H,1-2H3. The molecule has 0 saturated heterocycles. The molecule has 4 nitrogen and oxygen atoms in total. The van der Waals surface area contributed by atoms with Gasteiger partial charge in [-0.1, -0.05) is 72.8 Å². The first kappa shape index (κ1) is 23.4. The summed E-state index contributed by atoms with van der Waals surface area (Å²) in [7, 11) is -2.65. The van der Waals surface area contributed by atoms with Crippen LogP contribution in [-0.2, 0) is 0 Å². The normalized spacial score (nSPS) is 13.1. The van der Waals surface area contributed by atoms with Crippen LogP contribution in [0.1, 0.15) is 11.4 Å². The number of benzene rings is 4. The van der Waals surface area contributed by atoms with Crippen molar-refractivity contribution in [3.8, 4) is 28.3 Å². The second kappa shape index (κ2) is 9.22. The van der Waals surface area contributed by atoms with Gasteiger partial charge in [-0.15, -0.1) is 0 Å². The van der Waals surface area contributed by atoms with E-state index in [0.29, 0.717) is 0 Å². The van der Waals surface area contributed by atoms with E-state index in [-0.39, 0.29) is 0 Å². The van der Waals surface area contributed by atoms with E-state index in [1.807, 2.05) is 48.1 Å². The topological polar surface area (TPSA) is 39.9 Å². The summed E-state index contributed by atoms with van der Waals surface area (Å²) in [6, 6.07) is 42.7. The minimum Gasteiger partial charge on any atom is -0.457 e. The van der Waals surface area contributed by atoms with Crippen molar-refractivity contribution in [2.75, 3.05) is 0 Å². The third-order valence-electron chi connectivity index (χ3n) is 7.58. The zero-order valence-electron chi connectivity index (χ0n) is 21.9. The Bertz CT molecular complexity index is 1780. The van der Waals surface area contributed by atoms with Gasteiger partial charge >= 0.3 is 0 Å². The van der Waals surface area contributed by atoms with Crippen LogP contribution in [0, 0.1) is 13.8 Å². The lowest BCUT2D eigenvalue weighted by molar-refractivity contribution is 0.482. The van der Waals surface area contributed by atoms with Crippen molar-refractivity contribution >= 4 is 29.0 Å². The van der Waals surface area contributed by atoms with Crippen LogP contribution >= 0.6 is 0 Å². The minimum atomic E-state index is -2.65. The molecule has 0 N–H and O–H groups in total. The smallest absolute Gasteiger partial charge is 0.203 e. The molecule has 0 radical (unpaired) electrons. The molecular formula is C34H27N3OSi. The van der Waals surface area contributed by atoms with Gasteiger partial charge in [0.05, 0.1) is 11.4 Å². The van der Waals surface area contributed by atoms with Crippen LogP contribution in [0.3, 0.4) is 0 Å². The molecule has 0 spiro atoms. The number of ether oxygens (including phenoxy) is 1. The number of fused-ring (bicyclic) bond motifs is 3. The summed E-state index contributed by atoms with van der Waals surface area (Å²) in [6.45, 7) is 4.08. The maximum absolute atomic E-state index is 6.50. The average molecular weight is 522 g/mol. The quantitative estimate of drug-likeness (QED) is 0.298. The van der Waals surface area contributed by atoms with Gasteiger partial charge in [-0.05, 0) is 83.0 Å². The van der Waals surface area contributed by atoms with E-state index in [0.717, 1.165) is 33.9 Å². The van der Waals surface area contributed by atoms with Crippen LogP contribution in [0.15, 0.2) is 128 Å². The van der Waals surface area contributed by atoms with Crippen LogP contribution in [-0.4, -0.2) is 22.8 Å². The van der Waals surface area contributed by atoms with Crippen LogP contribution in [0.2, 0.25) is 0 Å². The Balaban J connectivity index is 1.37. The Labute approximate surface area is 229 Å². The van der Waals surface area contributed by atoms with E-state index in [1.165, 1.54) is 26.7 Å². The first-order chi connectivity index (χ1) is 19.1. The summed E-state index contributed by atoms with van der Waals surface area (Å²) < 4.78 is 8.46. The maximum atomic E-state index is 6.50. The Kier molecular flexibility index (Phi) is 5.53. The van der Waals surface area contributed by atoms with E-state index < -0.39 is 8.07 Å². The number of hydrogen-bond acceptors (Lipinski definition) is 3. The van der Waals surface area contributed by atoms with Gasteiger partial charge in [0.15, 0.2) is 0 Å². The fraction of sp³-hybridized carbons (Fsp3) is 0.0588. The summed E-state index contributed by atoms with van der Waals surface area (Å²) >= 11 is 0. The zero-order chi connectivity index (χ0) is 26.4. The Morgan fingerprint density at radius 2 is 1.31 bits per heavy atom. The van der Waals surface area contributed by atoms with Crippen LogP contribution in [0.25, 0.3) is 16.8 Å². The second-order valence-corrected chi connectivity index (χ2v) is 13.7. The van der Waals surface area contributed by atoms with Gasteiger partial charge in [-0.25, -0.2) is 4.68 Å². The monoisotopic (exact) mass is 521 g/mol. The highest BCUT2D eigenvalue weighted by Gasteiger charge is 2.49. The highest BCUT2D eigenvalue weighted by molar-refractivity contribution is 7.21. The number of nitrogens with zero attached hydrogens (tertiary/aromatic N) is 3. The third kappa shape index (κ3) is 3.74. The summed E-state index contributed by atoms with van der Waals surface area (Å²) in [4.78, 5) is 4.99. The largest absolute Gasteiger partial charge is 0.457 e. The summed E-state index contributed by atoms with van der Waals surface area (Å²) in [5.74, 6) is 1.58. The van der Waals surface area contributed by atoms with E-state index >= 15 is 0 Å². The van der Waals surface area contributed by atoms with Crippen molar-refractivity contribution in [1.82, 2.24) is 14.8 Å². The van der Waals surface area contributed by atoms with Gasteiger partial charge in [-0.2, -0.15) is 5.10 Å². The fourth-order valence-corrected chi connectivity index (χ4v) is 11.1. The van der Waals surface area contributed by atoms with Crippen molar-refractivity contribution < 1.29 is 4.74 Å². The molecule has 39 heavy (non-hydrogen) atoms. The molecule has 1 aliphatic heterocycles. The molecule has 5 heteroatoms. The predicted molar refractivity (Wildman–Crippen MR) is 160 cm³/mol. The lowest BCUT2D eigenvalue weighted by Gasteiger charge is -2.30. The first-order valence-electron chi connectivity index (χ1n) is 13.2. The molecule has 0 fully saturated rings. The maximum Gasteiger partial charge on any atom is 0.203 e. The summed E-state index contributed by atoms with van der Waals surface area (Å²) in [5.41, 5.74) is 5.66. The van der Waals surface area contributed by atoms with E-state index in [2.05, 4.69) is 103 Å². The molecule has 1 aliphatic rings. The molecule has 6 aromatic rings. The molecular weight excluding hydrogens is 494 g/mol. The van der Waals surface area contributed by atoms with Crippen LogP contribution in [0.4, 0.5) is 0 Å². The molecule has 0 saturated carbocycles.